The molecule has 4 nitrogen and oxygen atoms in total. The van der Waals surface area contributed by atoms with E-state index in [-0.39, 0.29) is 5.91 Å². The summed E-state index contributed by atoms with van der Waals surface area (Å²) in [6, 6.07) is 0.355. The number of hydrogen-bond donors (Lipinski definition) is 0. The minimum atomic E-state index is -0.0164. The molecule has 0 N–H and O–H groups in total. The summed E-state index contributed by atoms with van der Waals surface area (Å²) >= 11 is 5.68. The average Bonchev–Trinajstić information content (AvgIpc) is 2.40. The Balaban J connectivity index is 2.12. The lowest BCUT2D eigenvalue weighted by molar-refractivity contribution is 0.0594. The maximum atomic E-state index is 12.4. The van der Waals surface area contributed by atoms with Gasteiger partial charge in [0, 0.05) is 12.6 Å². The van der Waals surface area contributed by atoms with Gasteiger partial charge in [-0.3, -0.25) is 4.79 Å². The molecule has 1 atom stereocenters. The van der Waals surface area contributed by atoms with Gasteiger partial charge in [-0.05, 0) is 25.7 Å². The Bertz CT molecular complexity index is 405. The third-order valence-electron chi connectivity index (χ3n) is 3.35. The molecule has 0 radical (unpaired) electrons. The molecular weight excluding hydrogens is 250 g/mol. The fourth-order valence-electron chi connectivity index (χ4n) is 2.47. The Morgan fingerprint density at radius 3 is 2.94 bits per heavy atom. The van der Waals surface area contributed by atoms with Gasteiger partial charge in [-0.1, -0.05) is 24.9 Å². The number of amides is 1. The van der Waals surface area contributed by atoms with E-state index in [4.69, 9.17) is 11.6 Å². The predicted molar refractivity (Wildman–Crippen MR) is 70.6 cm³/mol. The minimum Gasteiger partial charge on any atom is -0.334 e. The summed E-state index contributed by atoms with van der Waals surface area (Å²) < 4.78 is 0. The van der Waals surface area contributed by atoms with Crippen LogP contribution >= 0.6 is 11.6 Å². The number of hydrogen-bond acceptors (Lipinski definition) is 3. The molecular formula is C13H18ClN3O. The number of rotatable bonds is 3. The van der Waals surface area contributed by atoms with Crippen molar-refractivity contribution < 1.29 is 4.79 Å². The van der Waals surface area contributed by atoms with Gasteiger partial charge in [0.05, 0.1) is 12.4 Å². The van der Waals surface area contributed by atoms with Gasteiger partial charge in [-0.25, -0.2) is 9.97 Å². The second kappa shape index (κ2) is 6.14. The zero-order valence-corrected chi connectivity index (χ0v) is 11.4. The maximum absolute atomic E-state index is 12.4. The number of halogens is 1. The molecule has 0 aromatic carbocycles. The maximum Gasteiger partial charge on any atom is 0.274 e. The SMILES string of the molecule is CCCC1CCCCN1C(=O)c1cnc(Cl)cn1. The molecule has 1 aromatic heterocycles. The molecule has 0 saturated carbocycles. The Morgan fingerprint density at radius 2 is 2.28 bits per heavy atom. The van der Waals surface area contributed by atoms with Crippen LogP contribution in [0.25, 0.3) is 0 Å². The second-order valence-electron chi connectivity index (χ2n) is 4.66. The summed E-state index contributed by atoms with van der Waals surface area (Å²) in [4.78, 5) is 22.3. The van der Waals surface area contributed by atoms with Gasteiger partial charge in [-0.2, -0.15) is 0 Å². The summed E-state index contributed by atoms with van der Waals surface area (Å²) in [6.07, 6.45) is 8.43. The van der Waals surface area contributed by atoms with Gasteiger partial charge in [0.15, 0.2) is 0 Å². The van der Waals surface area contributed by atoms with Crippen LogP contribution in [0.3, 0.4) is 0 Å². The van der Waals surface area contributed by atoms with Crippen LogP contribution in [0.4, 0.5) is 0 Å². The number of carbonyl (C=O) groups is 1. The zero-order valence-electron chi connectivity index (χ0n) is 10.6. The lowest BCUT2D eigenvalue weighted by Gasteiger charge is -2.35. The smallest absolute Gasteiger partial charge is 0.274 e. The van der Waals surface area contributed by atoms with E-state index >= 15 is 0 Å². The average molecular weight is 268 g/mol. The standard InChI is InChI=1S/C13H18ClN3O/c1-2-5-10-6-3-4-7-17(10)13(18)11-8-16-12(14)9-15-11/h8-10H,2-7H2,1H3. The van der Waals surface area contributed by atoms with Crippen molar-refractivity contribution in [3.63, 3.8) is 0 Å². The largest absolute Gasteiger partial charge is 0.334 e. The van der Waals surface area contributed by atoms with Crippen molar-refractivity contribution in [1.29, 1.82) is 0 Å². The van der Waals surface area contributed by atoms with Crippen LogP contribution < -0.4 is 0 Å². The van der Waals surface area contributed by atoms with Gasteiger partial charge < -0.3 is 4.90 Å². The molecule has 1 amide bonds. The summed E-state index contributed by atoms with van der Waals surface area (Å²) in [7, 11) is 0. The van der Waals surface area contributed by atoms with E-state index in [2.05, 4.69) is 16.9 Å². The van der Waals surface area contributed by atoms with E-state index in [1.165, 1.54) is 18.8 Å². The molecule has 1 aliphatic heterocycles. The van der Waals surface area contributed by atoms with Crippen LogP contribution in [0.2, 0.25) is 5.15 Å². The van der Waals surface area contributed by atoms with Crippen molar-refractivity contribution in [3.8, 4) is 0 Å². The van der Waals surface area contributed by atoms with E-state index in [1.807, 2.05) is 4.90 Å². The lowest BCUT2D eigenvalue weighted by Crippen LogP contribution is -2.44. The molecule has 1 aliphatic rings. The number of piperidine rings is 1. The highest BCUT2D eigenvalue weighted by Gasteiger charge is 2.27. The molecule has 2 rings (SSSR count). The Hall–Kier alpha value is -1.16. The van der Waals surface area contributed by atoms with Crippen molar-refractivity contribution in [2.45, 2.75) is 45.1 Å². The summed E-state index contributed by atoms with van der Waals surface area (Å²) in [5.74, 6) is -0.0164. The van der Waals surface area contributed by atoms with Crippen molar-refractivity contribution in [3.05, 3.63) is 23.2 Å². The lowest BCUT2D eigenvalue weighted by atomic mass is 9.98. The van der Waals surface area contributed by atoms with Crippen LogP contribution in [0.15, 0.2) is 12.4 Å². The second-order valence-corrected chi connectivity index (χ2v) is 5.05. The molecule has 18 heavy (non-hydrogen) atoms. The fraction of sp³-hybridized carbons (Fsp3) is 0.615. The van der Waals surface area contributed by atoms with Crippen LogP contribution in [0, 0.1) is 0 Å². The van der Waals surface area contributed by atoms with Crippen molar-refractivity contribution in [1.82, 2.24) is 14.9 Å². The van der Waals surface area contributed by atoms with E-state index < -0.39 is 0 Å². The highest BCUT2D eigenvalue weighted by molar-refractivity contribution is 6.29. The van der Waals surface area contributed by atoms with Crippen LogP contribution in [0.1, 0.15) is 49.5 Å². The van der Waals surface area contributed by atoms with Crippen molar-refractivity contribution >= 4 is 17.5 Å². The molecule has 0 bridgehead atoms. The molecule has 5 heteroatoms. The summed E-state index contributed by atoms with van der Waals surface area (Å²) in [6.45, 7) is 2.98. The zero-order chi connectivity index (χ0) is 13.0. The molecule has 0 aliphatic carbocycles. The quantitative estimate of drug-likeness (QED) is 0.846. The molecule has 1 saturated heterocycles. The van der Waals surface area contributed by atoms with Crippen LogP contribution in [-0.4, -0.2) is 33.4 Å². The first-order chi connectivity index (χ1) is 8.72. The highest BCUT2D eigenvalue weighted by atomic mass is 35.5. The summed E-state index contributed by atoms with van der Waals surface area (Å²) in [5, 5.41) is 0.315. The third-order valence-corrected chi connectivity index (χ3v) is 3.54. The van der Waals surface area contributed by atoms with Crippen molar-refractivity contribution in [2.24, 2.45) is 0 Å². The molecule has 98 valence electrons. The topological polar surface area (TPSA) is 46.1 Å². The first-order valence-corrected chi connectivity index (χ1v) is 6.88. The van der Waals surface area contributed by atoms with Gasteiger partial charge in [0.25, 0.3) is 5.91 Å². The molecule has 1 aromatic rings. The van der Waals surface area contributed by atoms with Crippen molar-refractivity contribution in [2.75, 3.05) is 6.54 Å². The molecule has 2 heterocycles. The number of nitrogens with zero attached hydrogens (tertiary/aromatic N) is 3. The molecule has 1 unspecified atom stereocenters. The van der Waals surface area contributed by atoms with Gasteiger partial charge in [0.1, 0.15) is 10.8 Å². The first kappa shape index (κ1) is 13.3. The fourth-order valence-corrected chi connectivity index (χ4v) is 2.57. The molecule has 1 fully saturated rings. The van der Waals surface area contributed by atoms with Gasteiger partial charge in [0.2, 0.25) is 0 Å². The summed E-state index contributed by atoms with van der Waals surface area (Å²) in [5.41, 5.74) is 0.391. The monoisotopic (exact) mass is 267 g/mol. The minimum absolute atomic E-state index is 0.0164. The third kappa shape index (κ3) is 2.99. The predicted octanol–water partition coefficient (Wildman–Crippen LogP) is 2.92. The molecule has 0 spiro atoms. The highest BCUT2D eigenvalue weighted by Crippen LogP contribution is 2.22. The van der Waals surface area contributed by atoms with E-state index in [9.17, 15) is 4.79 Å². The number of aromatic nitrogens is 2. The number of carbonyl (C=O) groups excluding carboxylic acids is 1. The first-order valence-electron chi connectivity index (χ1n) is 6.51. The van der Waals surface area contributed by atoms with E-state index in [1.54, 1.807) is 0 Å². The Morgan fingerprint density at radius 1 is 1.44 bits per heavy atom. The van der Waals surface area contributed by atoms with E-state index in [0.717, 1.165) is 32.2 Å². The number of likely N-dealkylation sites (tertiary alicyclic amines) is 1. The van der Waals surface area contributed by atoms with Crippen LogP contribution in [-0.2, 0) is 0 Å². The van der Waals surface area contributed by atoms with Crippen LogP contribution in [0.5, 0.6) is 0 Å². The normalized spacial score (nSPS) is 19.9. The van der Waals surface area contributed by atoms with E-state index in [0.29, 0.717) is 16.9 Å². The van der Waals surface area contributed by atoms with Gasteiger partial charge >= 0.3 is 0 Å². The van der Waals surface area contributed by atoms with Gasteiger partial charge in [-0.15, -0.1) is 0 Å². The Kier molecular flexibility index (Phi) is 4.53. The Labute approximate surface area is 112 Å².